The molecular formula is C13H14F3NO3. The Hall–Kier alpha value is -1.92. The van der Waals surface area contributed by atoms with E-state index < -0.39 is 34.5 Å². The summed E-state index contributed by atoms with van der Waals surface area (Å²) in [6.45, 7) is 2.52. The van der Waals surface area contributed by atoms with Gasteiger partial charge in [0.2, 0.25) is 6.54 Å². The molecule has 20 heavy (non-hydrogen) atoms. The molecule has 7 heteroatoms. The van der Waals surface area contributed by atoms with Crippen molar-refractivity contribution in [1.82, 2.24) is 0 Å². The van der Waals surface area contributed by atoms with E-state index in [0.29, 0.717) is 11.8 Å². The second-order valence-electron chi connectivity index (χ2n) is 5.13. The monoisotopic (exact) mass is 289 g/mol. The topological polar surface area (TPSA) is 60.2 Å². The van der Waals surface area contributed by atoms with Crippen molar-refractivity contribution < 1.29 is 22.9 Å². The summed E-state index contributed by atoms with van der Waals surface area (Å²) in [5.41, 5.74) is -1.52. The molecule has 0 N–H and O–H groups in total. The second-order valence-corrected chi connectivity index (χ2v) is 5.13. The van der Waals surface area contributed by atoms with Crippen molar-refractivity contribution in [3.8, 4) is 0 Å². The first-order chi connectivity index (χ1) is 9.08. The van der Waals surface area contributed by atoms with Crippen molar-refractivity contribution in [2.75, 3.05) is 6.54 Å². The first-order valence-electron chi connectivity index (χ1n) is 5.83. The van der Waals surface area contributed by atoms with Gasteiger partial charge in [-0.25, -0.2) is 0 Å². The maximum Gasteiger partial charge on any atom is 0.416 e. The summed E-state index contributed by atoms with van der Waals surface area (Å²) in [5, 5.41) is 10.7. The second kappa shape index (κ2) is 5.60. The number of hydrogen-bond donors (Lipinski definition) is 0. The molecule has 4 nitrogen and oxygen atoms in total. The average Bonchev–Trinajstić information content (AvgIpc) is 2.35. The number of aldehydes is 1. The Bertz CT molecular complexity index is 495. The molecule has 0 aliphatic rings. The number of benzene rings is 1. The van der Waals surface area contributed by atoms with Crippen LogP contribution in [0.2, 0.25) is 0 Å². The van der Waals surface area contributed by atoms with Gasteiger partial charge in [-0.15, -0.1) is 0 Å². The van der Waals surface area contributed by atoms with Crippen molar-refractivity contribution in [3.63, 3.8) is 0 Å². The maximum atomic E-state index is 12.5. The Morgan fingerprint density at radius 1 is 1.25 bits per heavy atom. The minimum atomic E-state index is -4.46. The number of hydrogen-bond acceptors (Lipinski definition) is 3. The third kappa shape index (κ3) is 3.79. The molecule has 1 atom stereocenters. The number of carbonyl (C=O) groups is 1. The van der Waals surface area contributed by atoms with Crippen molar-refractivity contribution in [2.24, 2.45) is 5.41 Å². The van der Waals surface area contributed by atoms with E-state index in [2.05, 4.69) is 0 Å². The van der Waals surface area contributed by atoms with Gasteiger partial charge in [0.05, 0.1) is 11.5 Å². The summed E-state index contributed by atoms with van der Waals surface area (Å²) in [6, 6.07) is 4.09. The van der Waals surface area contributed by atoms with E-state index in [0.717, 1.165) is 12.1 Å². The maximum absolute atomic E-state index is 12.5. The van der Waals surface area contributed by atoms with Gasteiger partial charge in [0.25, 0.3) is 0 Å². The lowest BCUT2D eigenvalue weighted by Gasteiger charge is -2.26. The number of carbonyl (C=O) groups excluding carboxylic acids is 1. The highest BCUT2D eigenvalue weighted by atomic mass is 19.4. The molecule has 0 radical (unpaired) electrons. The highest BCUT2D eigenvalue weighted by Crippen LogP contribution is 2.36. The highest BCUT2D eigenvalue weighted by Gasteiger charge is 2.36. The van der Waals surface area contributed by atoms with Crippen LogP contribution in [-0.2, 0) is 11.0 Å². The van der Waals surface area contributed by atoms with Crippen molar-refractivity contribution in [1.29, 1.82) is 0 Å². The van der Waals surface area contributed by atoms with E-state index in [1.54, 1.807) is 0 Å². The number of nitro groups is 1. The van der Waals surface area contributed by atoms with Crippen LogP contribution >= 0.6 is 0 Å². The van der Waals surface area contributed by atoms with Gasteiger partial charge < -0.3 is 4.79 Å². The molecule has 1 unspecified atom stereocenters. The van der Waals surface area contributed by atoms with Crippen LogP contribution in [0.4, 0.5) is 13.2 Å². The number of nitrogens with zero attached hydrogens (tertiary/aromatic N) is 1. The molecular weight excluding hydrogens is 275 g/mol. The summed E-state index contributed by atoms with van der Waals surface area (Å²) in [5.74, 6) is -0.780. The fourth-order valence-corrected chi connectivity index (χ4v) is 1.91. The van der Waals surface area contributed by atoms with E-state index in [1.807, 2.05) is 0 Å². The van der Waals surface area contributed by atoms with Gasteiger partial charge in [0.1, 0.15) is 6.29 Å². The SMILES string of the molecule is CC(C)(C=O)C(C[N+](=O)[O-])c1ccc(C(F)(F)F)cc1. The Balaban J connectivity index is 3.15. The predicted octanol–water partition coefficient (Wildman–Crippen LogP) is 3.29. The third-order valence-corrected chi connectivity index (χ3v) is 3.17. The highest BCUT2D eigenvalue weighted by molar-refractivity contribution is 5.60. The Morgan fingerprint density at radius 3 is 2.10 bits per heavy atom. The zero-order valence-electron chi connectivity index (χ0n) is 11.0. The van der Waals surface area contributed by atoms with Crippen molar-refractivity contribution >= 4 is 6.29 Å². The van der Waals surface area contributed by atoms with E-state index in [-0.39, 0.29) is 0 Å². The Kier molecular flexibility index (Phi) is 4.52. The van der Waals surface area contributed by atoms with Crippen LogP contribution in [0.15, 0.2) is 24.3 Å². The quantitative estimate of drug-likeness (QED) is 0.475. The lowest BCUT2D eigenvalue weighted by Crippen LogP contribution is -2.29. The zero-order valence-corrected chi connectivity index (χ0v) is 11.0. The molecule has 0 fully saturated rings. The van der Waals surface area contributed by atoms with Crippen LogP contribution in [0.3, 0.4) is 0 Å². The molecule has 0 amide bonds. The van der Waals surface area contributed by atoms with Crippen LogP contribution in [0.5, 0.6) is 0 Å². The van der Waals surface area contributed by atoms with E-state index in [9.17, 15) is 28.1 Å². The van der Waals surface area contributed by atoms with Crippen molar-refractivity contribution in [2.45, 2.75) is 25.9 Å². The first-order valence-corrected chi connectivity index (χ1v) is 5.83. The Labute approximate surface area is 113 Å². The Morgan fingerprint density at radius 2 is 1.75 bits per heavy atom. The average molecular weight is 289 g/mol. The molecule has 110 valence electrons. The van der Waals surface area contributed by atoms with E-state index >= 15 is 0 Å². The van der Waals surface area contributed by atoms with Gasteiger partial charge in [-0.3, -0.25) is 10.1 Å². The molecule has 0 aromatic heterocycles. The summed E-state index contributed by atoms with van der Waals surface area (Å²) >= 11 is 0. The minimum absolute atomic E-state index is 0.340. The molecule has 0 heterocycles. The molecule has 1 rings (SSSR count). The molecule has 0 spiro atoms. The van der Waals surface area contributed by atoms with Gasteiger partial charge in [0.15, 0.2) is 0 Å². The predicted molar refractivity (Wildman–Crippen MR) is 65.9 cm³/mol. The van der Waals surface area contributed by atoms with E-state index in [4.69, 9.17) is 0 Å². The van der Waals surface area contributed by atoms with Gasteiger partial charge in [-0.05, 0) is 17.7 Å². The summed E-state index contributed by atoms with van der Waals surface area (Å²) in [7, 11) is 0. The van der Waals surface area contributed by atoms with Crippen LogP contribution in [-0.4, -0.2) is 17.8 Å². The molecule has 1 aromatic rings. The summed E-state index contributed by atoms with van der Waals surface area (Å²) < 4.78 is 37.4. The lowest BCUT2D eigenvalue weighted by atomic mass is 9.76. The van der Waals surface area contributed by atoms with E-state index in [1.165, 1.54) is 26.0 Å². The minimum Gasteiger partial charge on any atom is -0.303 e. The number of alkyl halides is 3. The normalized spacial score (nSPS) is 13.8. The molecule has 0 saturated carbocycles. The van der Waals surface area contributed by atoms with Crippen LogP contribution in [0.25, 0.3) is 0 Å². The molecule has 0 saturated heterocycles. The lowest BCUT2D eigenvalue weighted by molar-refractivity contribution is -0.485. The number of halogens is 3. The molecule has 0 aliphatic carbocycles. The van der Waals surface area contributed by atoms with Crippen molar-refractivity contribution in [3.05, 3.63) is 45.5 Å². The smallest absolute Gasteiger partial charge is 0.303 e. The van der Waals surface area contributed by atoms with Crippen LogP contribution in [0.1, 0.15) is 30.9 Å². The first kappa shape index (κ1) is 16.1. The van der Waals surface area contributed by atoms with Gasteiger partial charge in [-0.1, -0.05) is 26.0 Å². The summed E-state index contributed by atoms with van der Waals surface area (Å²) in [6.07, 6.45) is -3.88. The van der Waals surface area contributed by atoms with Gasteiger partial charge in [0, 0.05) is 10.3 Å². The largest absolute Gasteiger partial charge is 0.416 e. The molecule has 1 aromatic carbocycles. The number of rotatable bonds is 5. The fraction of sp³-hybridized carbons (Fsp3) is 0.462. The third-order valence-electron chi connectivity index (χ3n) is 3.17. The standard InChI is InChI=1S/C13H14F3NO3/c1-12(2,8-18)11(7-17(19)20)9-3-5-10(6-4-9)13(14,15)16/h3-6,8,11H,7H2,1-2H3. The summed E-state index contributed by atoms with van der Waals surface area (Å²) in [4.78, 5) is 21.2. The molecule has 0 bridgehead atoms. The van der Waals surface area contributed by atoms with Gasteiger partial charge >= 0.3 is 6.18 Å². The van der Waals surface area contributed by atoms with Gasteiger partial charge in [-0.2, -0.15) is 13.2 Å². The zero-order chi connectivity index (χ0) is 15.6. The van der Waals surface area contributed by atoms with Crippen LogP contribution in [0, 0.1) is 15.5 Å². The molecule has 0 aliphatic heterocycles. The van der Waals surface area contributed by atoms with Crippen LogP contribution < -0.4 is 0 Å². The fourth-order valence-electron chi connectivity index (χ4n) is 1.91.